The number of carbonyl (C=O) groups is 1. The predicted molar refractivity (Wildman–Crippen MR) is 120 cm³/mol. The quantitative estimate of drug-likeness (QED) is 0.398. The highest BCUT2D eigenvalue weighted by molar-refractivity contribution is 5.93. The Morgan fingerprint density at radius 3 is 2.73 bits per heavy atom. The number of nitrogens with zero attached hydrogens (tertiary/aromatic N) is 4. The Morgan fingerprint density at radius 1 is 1.24 bits per heavy atom. The fourth-order valence-electron chi connectivity index (χ4n) is 4.96. The van der Waals surface area contributed by atoms with Crippen molar-refractivity contribution < 1.29 is 14.7 Å². The van der Waals surface area contributed by atoms with Gasteiger partial charge in [0.15, 0.2) is 5.65 Å². The molecular formula is C23H28N6O4. The number of aromatic amines is 1. The number of benzene rings is 1. The SMILES string of the molecule is C[C@@H]1CN(Cc2ccc(C(=O)NO)cc2)C[C@H]1c1nc2c(cnn2C2CCOCC2)c(=O)[nH]1. The highest BCUT2D eigenvalue weighted by atomic mass is 16.5. The van der Waals surface area contributed by atoms with Crippen molar-refractivity contribution in [3.05, 3.63) is 57.8 Å². The van der Waals surface area contributed by atoms with Crippen molar-refractivity contribution in [2.75, 3.05) is 26.3 Å². The lowest BCUT2D eigenvalue weighted by Crippen LogP contribution is -2.23. The summed E-state index contributed by atoms with van der Waals surface area (Å²) in [5.74, 6) is 0.622. The summed E-state index contributed by atoms with van der Waals surface area (Å²) in [6.07, 6.45) is 3.35. The van der Waals surface area contributed by atoms with Crippen LogP contribution in [-0.2, 0) is 11.3 Å². The van der Waals surface area contributed by atoms with E-state index in [-0.39, 0.29) is 17.5 Å². The van der Waals surface area contributed by atoms with Crippen LogP contribution in [0.5, 0.6) is 0 Å². The fraction of sp³-hybridized carbons (Fsp3) is 0.478. The standard InChI is InChI=1S/C23H28N6O4/c1-14-11-28(12-15-2-4-16(5-3-15)22(30)27-32)13-19(14)20-25-21-18(23(31)26-20)10-24-29(21)17-6-8-33-9-7-17/h2-5,10,14,17,19,32H,6-9,11-13H2,1H3,(H,27,30)(H,25,26,31)/t14-,19-/m1/s1. The van der Waals surface area contributed by atoms with E-state index in [4.69, 9.17) is 14.9 Å². The average molecular weight is 453 g/mol. The van der Waals surface area contributed by atoms with Gasteiger partial charge < -0.3 is 9.72 Å². The number of hydrogen-bond donors (Lipinski definition) is 3. The van der Waals surface area contributed by atoms with Crippen LogP contribution < -0.4 is 11.0 Å². The smallest absolute Gasteiger partial charge is 0.274 e. The van der Waals surface area contributed by atoms with Crippen LogP contribution in [0.2, 0.25) is 0 Å². The summed E-state index contributed by atoms with van der Waals surface area (Å²) in [5, 5.41) is 13.8. The first-order valence-electron chi connectivity index (χ1n) is 11.3. The van der Waals surface area contributed by atoms with E-state index in [9.17, 15) is 9.59 Å². The van der Waals surface area contributed by atoms with E-state index >= 15 is 0 Å². The third-order valence-corrected chi connectivity index (χ3v) is 6.78. The van der Waals surface area contributed by atoms with Crippen molar-refractivity contribution in [1.29, 1.82) is 0 Å². The van der Waals surface area contributed by atoms with Gasteiger partial charge in [0.1, 0.15) is 11.2 Å². The summed E-state index contributed by atoms with van der Waals surface area (Å²) < 4.78 is 7.37. The number of rotatable bonds is 5. The van der Waals surface area contributed by atoms with Crippen LogP contribution in [-0.4, -0.2) is 62.1 Å². The Balaban J connectivity index is 1.35. The van der Waals surface area contributed by atoms with Crippen molar-refractivity contribution in [1.82, 2.24) is 30.1 Å². The Kier molecular flexibility index (Phi) is 5.96. The third-order valence-electron chi connectivity index (χ3n) is 6.78. The molecule has 4 heterocycles. The number of ether oxygens (including phenoxy) is 1. The van der Waals surface area contributed by atoms with Crippen LogP contribution >= 0.6 is 0 Å². The van der Waals surface area contributed by atoms with Crippen molar-refractivity contribution in [2.24, 2.45) is 5.92 Å². The van der Waals surface area contributed by atoms with E-state index in [1.807, 2.05) is 16.8 Å². The molecule has 5 rings (SSSR count). The number of hydroxylamine groups is 1. The molecule has 2 atom stereocenters. The van der Waals surface area contributed by atoms with E-state index in [1.54, 1.807) is 23.8 Å². The third kappa shape index (κ3) is 4.29. The molecule has 10 heteroatoms. The largest absolute Gasteiger partial charge is 0.381 e. The highest BCUT2D eigenvalue weighted by Crippen LogP contribution is 2.32. The van der Waals surface area contributed by atoms with Gasteiger partial charge in [0.05, 0.1) is 12.2 Å². The zero-order valence-electron chi connectivity index (χ0n) is 18.5. The van der Waals surface area contributed by atoms with Crippen LogP contribution in [0.1, 0.15) is 53.5 Å². The molecule has 2 fully saturated rings. The van der Waals surface area contributed by atoms with Crippen molar-refractivity contribution in [3.8, 4) is 0 Å². The Hall–Kier alpha value is -3.08. The second-order valence-electron chi connectivity index (χ2n) is 9.04. The number of H-pyrrole nitrogens is 1. The maximum absolute atomic E-state index is 12.8. The molecule has 1 aromatic carbocycles. The van der Waals surface area contributed by atoms with Gasteiger partial charge in [0, 0.05) is 44.3 Å². The maximum atomic E-state index is 12.8. The molecule has 33 heavy (non-hydrogen) atoms. The summed E-state index contributed by atoms with van der Waals surface area (Å²) in [4.78, 5) is 34.6. The molecule has 0 bridgehead atoms. The molecule has 0 unspecified atom stereocenters. The molecule has 3 aromatic rings. The maximum Gasteiger partial charge on any atom is 0.274 e. The molecule has 1 amide bonds. The van der Waals surface area contributed by atoms with Crippen LogP contribution in [0.15, 0.2) is 35.3 Å². The summed E-state index contributed by atoms with van der Waals surface area (Å²) in [5.41, 5.74) is 3.64. The van der Waals surface area contributed by atoms with Gasteiger partial charge in [-0.2, -0.15) is 5.10 Å². The lowest BCUT2D eigenvalue weighted by atomic mass is 9.97. The second-order valence-corrected chi connectivity index (χ2v) is 9.04. The zero-order valence-corrected chi connectivity index (χ0v) is 18.5. The summed E-state index contributed by atoms with van der Waals surface area (Å²) in [6, 6.07) is 7.37. The first-order valence-corrected chi connectivity index (χ1v) is 11.3. The minimum absolute atomic E-state index is 0.111. The van der Waals surface area contributed by atoms with Gasteiger partial charge in [-0.1, -0.05) is 19.1 Å². The Labute approximate surface area is 190 Å². The number of likely N-dealkylation sites (tertiary alicyclic amines) is 1. The van der Waals surface area contributed by atoms with Gasteiger partial charge >= 0.3 is 0 Å². The summed E-state index contributed by atoms with van der Waals surface area (Å²) >= 11 is 0. The number of nitrogens with one attached hydrogen (secondary N) is 2. The van der Waals surface area contributed by atoms with Gasteiger partial charge in [0.2, 0.25) is 0 Å². The summed E-state index contributed by atoms with van der Waals surface area (Å²) in [6.45, 7) is 5.96. The first kappa shape index (κ1) is 21.7. The number of fused-ring (bicyclic) bond motifs is 1. The number of aromatic nitrogens is 4. The highest BCUT2D eigenvalue weighted by Gasteiger charge is 2.33. The van der Waals surface area contributed by atoms with E-state index in [0.717, 1.165) is 38.0 Å². The van der Waals surface area contributed by atoms with Crippen molar-refractivity contribution in [2.45, 2.75) is 38.3 Å². The summed E-state index contributed by atoms with van der Waals surface area (Å²) in [7, 11) is 0. The van der Waals surface area contributed by atoms with Crippen molar-refractivity contribution >= 4 is 16.9 Å². The van der Waals surface area contributed by atoms with Gasteiger partial charge in [0.25, 0.3) is 11.5 Å². The van der Waals surface area contributed by atoms with Crippen LogP contribution in [0.3, 0.4) is 0 Å². The van der Waals surface area contributed by atoms with E-state index in [2.05, 4.69) is 21.9 Å². The minimum Gasteiger partial charge on any atom is -0.381 e. The van der Waals surface area contributed by atoms with E-state index < -0.39 is 5.91 Å². The molecular weight excluding hydrogens is 424 g/mol. The normalized spacial score (nSPS) is 22.1. The molecule has 0 saturated carbocycles. The molecule has 10 nitrogen and oxygen atoms in total. The van der Waals surface area contributed by atoms with E-state index in [0.29, 0.717) is 41.6 Å². The van der Waals surface area contributed by atoms with Crippen molar-refractivity contribution in [3.63, 3.8) is 0 Å². The zero-order chi connectivity index (χ0) is 22.9. The van der Waals surface area contributed by atoms with Crippen LogP contribution in [0.25, 0.3) is 11.0 Å². The first-order chi connectivity index (χ1) is 16.0. The molecule has 0 spiro atoms. The molecule has 3 N–H and O–H groups in total. The number of amides is 1. The predicted octanol–water partition coefficient (Wildman–Crippen LogP) is 1.83. The average Bonchev–Trinajstić information content (AvgIpc) is 3.43. The topological polar surface area (TPSA) is 125 Å². The molecule has 2 aliphatic rings. The Bertz CT molecular complexity index is 1200. The molecule has 174 valence electrons. The molecule has 2 aromatic heterocycles. The second kappa shape index (κ2) is 9.05. The number of hydrogen-bond acceptors (Lipinski definition) is 7. The van der Waals surface area contributed by atoms with Crippen LogP contribution in [0.4, 0.5) is 0 Å². The van der Waals surface area contributed by atoms with Gasteiger partial charge in [-0.25, -0.2) is 15.1 Å². The van der Waals surface area contributed by atoms with Gasteiger partial charge in [-0.15, -0.1) is 0 Å². The molecule has 0 radical (unpaired) electrons. The van der Waals surface area contributed by atoms with E-state index in [1.165, 1.54) is 0 Å². The minimum atomic E-state index is -0.526. The molecule has 2 saturated heterocycles. The molecule has 2 aliphatic heterocycles. The number of carbonyl (C=O) groups excluding carboxylic acids is 1. The lowest BCUT2D eigenvalue weighted by Gasteiger charge is -2.23. The lowest BCUT2D eigenvalue weighted by molar-refractivity contribution is 0.0673. The van der Waals surface area contributed by atoms with Crippen LogP contribution in [0, 0.1) is 5.92 Å². The fourth-order valence-corrected chi connectivity index (χ4v) is 4.96. The Morgan fingerprint density at radius 2 is 2.00 bits per heavy atom. The molecule has 0 aliphatic carbocycles. The van der Waals surface area contributed by atoms with Gasteiger partial charge in [-0.05, 0) is 36.5 Å². The monoisotopic (exact) mass is 452 g/mol. The van der Waals surface area contributed by atoms with Gasteiger partial charge in [-0.3, -0.25) is 19.7 Å².